The van der Waals surface area contributed by atoms with E-state index < -0.39 is 0 Å². The molecule has 0 aliphatic carbocycles. The summed E-state index contributed by atoms with van der Waals surface area (Å²) in [6.07, 6.45) is 4.07. The Kier molecular flexibility index (Phi) is 3.38. The van der Waals surface area contributed by atoms with Gasteiger partial charge in [-0.15, -0.1) is 0 Å². The molecule has 86 valence electrons. The van der Waals surface area contributed by atoms with Gasteiger partial charge in [0.25, 0.3) is 0 Å². The van der Waals surface area contributed by atoms with Crippen molar-refractivity contribution >= 4 is 5.57 Å². The Bertz CT molecular complexity index is 471. The molecule has 0 spiro atoms. The normalized spacial score (nSPS) is 11.6. The molecule has 0 radical (unpaired) electrons. The van der Waals surface area contributed by atoms with Gasteiger partial charge in [0.2, 0.25) is 0 Å². The van der Waals surface area contributed by atoms with Crippen molar-refractivity contribution in [3.05, 3.63) is 71.1 Å². The van der Waals surface area contributed by atoms with Crippen LogP contribution in [-0.4, -0.2) is 4.98 Å². The fourth-order valence-electron chi connectivity index (χ4n) is 1.86. The highest BCUT2D eigenvalue weighted by molar-refractivity contribution is 5.79. The van der Waals surface area contributed by atoms with Gasteiger partial charge < -0.3 is 0 Å². The largest absolute Gasteiger partial charge is 0.261 e. The Morgan fingerprint density at radius 2 is 1.59 bits per heavy atom. The zero-order chi connectivity index (χ0) is 12.3. The third-order valence-corrected chi connectivity index (χ3v) is 2.87. The first-order chi connectivity index (χ1) is 8.20. The number of hydrogen-bond donors (Lipinski definition) is 0. The predicted molar refractivity (Wildman–Crippen MR) is 72.9 cm³/mol. The molecule has 17 heavy (non-hydrogen) atoms. The van der Waals surface area contributed by atoms with Gasteiger partial charge in [-0.25, -0.2) is 0 Å². The van der Waals surface area contributed by atoms with Gasteiger partial charge >= 0.3 is 0 Å². The van der Waals surface area contributed by atoms with E-state index in [1.165, 1.54) is 22.3 Å². The number of benzene rings is 1. The van der Waals surface area contributed by atoms with E-state index in [9.17, 15) is 0 Å². The van der Waals surface area contributed by atoms with Crippen LogP contribution in [-0.2, 0) is 0 Å². The van der Waals surface area contributed by atoms with Crippen molar-refractivity contribution in [1.82, 2.24) is 4.98 Å². The molecule has 2 rings (SSSR count). The van der Waals surface area contributed by atoms with Crippen molar-refractivity contribution < 1.29 is 0 Å². The second kappa shape index (κ2) is 4.96. The van der Waals surface area contributed by atoms with Crippen molar-refractivity contribution in [2.24, 2.45) is 0 Å². The van der Waals surface area contributed by atoms with Crippen LogP contribution >= 0.6 is 0 Å². The minimum Gasteiger partial charge on any atom is -0.261 e. The highest BCUT2D eigenvalue weighted by Crippen LogP contribution is 2.23. The van der Waals surface area contributed by atoms with Crippen LogP contribution in [0.1, 0.15) is 29.3 Å². The highest BCUT2D eigenvalue weighted by atomic mass is 14.7. The van der Waals surface area contributed by atoms with Crippen LogP contribution < -0.4 is 0 Å². The van der Waals surface area contributed by atoms with Gasteiger partial charge in [-0.1, -0.05) is 42.0 Å². The summed E-state index contributed by atoms with van der Waals surface area (Å²) in [4.78, 5) is 4.35. The molecule has 1 heterocycles. The molecule has 0 unspecified atom stereocenters. The molecule has 1 nitrogen and oxygen atoms in total. The van der Waals surface area contributed by atoms with Gasteiger partial charge in [0.1, 0.15) is 0 Å². The summed E-state index contributed by atoms with van der Waals surface area (Å²) >= 11 is 0. The molecule has 2 aromatic rings. The molecule has 1 aromatic carbocycles. The molecular weight excluding hydrogens is 206 g/mol. The average molecular weight is 223 g/mol. The summed E-state index contributed by atoms with van der Waals surface area (Å²) in [5.74, 6) is 0. The van der Waals surface area contributed by atoms with Crippen LogP contribution in [0.3, 0.4) is 0 Å². The number of aryl methyl sites for hydroxylation is 2. The molecule has 0 aliphatic rings. The lowest BCUT2D eigenvalue weighted by atomic mass is 9.98. The van der Waals surface area contributed by atoms with Crippen molar-refractivity contribution in [3.8, 4) is 0 Å². The van der Waals surface area contributed by atoms with E-state index in [0.29, 0.717) is 0 Å². The molecule has 1 heteroatoms. The minimum atomic E-state index is 1.05. The van der Waals surface area contributed by atoms with E-state index in [-0.39, 0.29) is 0 Å². The number of aromatic nitrogens is 1. The molecule has 0 amide bonds. The van der Waals surface area contributed by atoms with Crippen LogP contribution in [0.25, 0.3) is 5.57 Å². The summed E-state index contributed by atoms with van der Waals surface area (Å²) in [6.45, 7) is 6.17. The smallest absolute Gasteiger partial charge is 0.0373 e. The maximum Gasteiger partial charge on any atom is 0.0373 e. The third kappa shape index (κ3) is 2.62. The maximum atomic E-state index is 4.35. The summed E-state index contributed by atoms with van der Waals surface area (Å²) < 4.78 is 0. The summed E-state index contributed by atoms with van der Waals surface area (Å²) in [5.41, 5.74) is 5.97. The highest BCUT2D eigenvalue weighted by Gasteiger charge is 2.03. The average Bonchev–Trinajstić information content (AvgIpc) is 2.35. The Hall–Kier alpha value is -1.89. The summed E-state index contributed by atoms with van der Waals surface area (Å²) in [6, 6.07) is 12.8. The van der Waals surface area contributed by atoms with Crippen LogP contribution in [0.5, 0.6) is 0 Å². The van der Waals surface area contributed by atoms with Crippen molar-refractivity contribution in [1.29, 1.82) is 0 Å². The van der Waals surface area contributed by atoms with Gasteiger partial charge in [-0.3, -0.25) is 4.98 Å². The molecular formula is C16H17N. The number of rotatable bonds is 2. The Labute approximate surface area is 103 Å². The first kappa shape index (κ1) is 11.6. The fraction of sp³-hybridized carbons (Fsp3) is 0.188. The van der Waals surface area contributed by atoms with Crippen LogP contribution in [0.4, 0.5) is 0 Å². The first-order valence-corrected chi connectivity index (χ1v) is 5.87. The Morgan fingerprint density at radius 1 is 0.941 bits per heavy atom. The van der Waals surface area contributed by atoms with Crippen molar-refractivity contribution in [2.75, 3.05) is 0 Å². The number of allylic oxidation sites excluding steroid dienone is 1. The maximum absolute atomic E-state index is 4.35. The van der Waals surface area contributed by atoms with Crippen molar-refractivity contribution in [3.63, 3.8) is 0 Å². The predicted octanol–water partition coefficient (Wildman–Crippen LogP) is 4.15. The molecule has 0 saturated carbocycles. The van der Waals surface area contributed by atoms with Crippen LogP contribution in [0.2, 0.25) is 0 Å². The van der Waals surface area contributed by atoms with E-state index in [1.807, 2.05) is 19.2 Å². The number of nitrogens with zero attached hydrogens (tertiary/aromatic N) is 1. The fourth-order valence-corrected chi connectivity index (χ4v) is 1.86. The molecule has 0 N–H and O–H groups in total. The minimum absolute atomic E-state index is 1.05. The van der Waals surface area contributed by atoms with E-state index in [2.05, 4.69) is 55.2 Å². The topological polar surface area (TPSA) is 12.9 Å². The number of pyridine rings is 1. The van der Waals surface area contributed by atoms with E-state index in [4.69, 9.17) is 0 Å². The standard InChI is InChI=1S/C16H17N/c1-4-16(14-8-5-12(2)6-9-14)15-10-7-13(3)17-11-15/h4-11H,1-3H3/b16-4+. The SMILES string of the molecule is C/C=C(\c1ccc(C)cc1)c1ccc(C)nc1. The number of hydrogen-bond acceptors (Lipinski definition) is 1. The zero-order valence-corrected chi connectivity index (χ0v) is 10.6. The molecule has 0 aliphatic heterocycles. The van der Waals surface area contributed by atoms with Crippen LogP contribution in [0.15, 0.2) is 48.7 Å². The monoisotopic (exact) mass is 223 g/mol. The Morgan fingerprint density at radius 3 is 2.12 bits per heavy atom. The van der Waals surface area contributed by atoms with Gasteiger partial charge in [0.05, 0.1) is 0 Å². The molecule has 0 fully saturated rings. The summed E-state index contributed by atoms with van der Waals surface area (Å²) in [7, 11) is 0. The van der Waals surface area contributed by atoms with Crippen LogP contribution in [0, 0.1) is 13.8 Å². The molecule has 0 saturated heterocycles. The quantitative estimate of drug-likeness (QED) is 0.745. The second-order valence-corrected chi connectivity index (χ2v) is 4.26. The molecule has 0 bridgehead atoms. The lowest BCUT2D eigenvalue weighted by Gasteiger charge is -2.08. The van der Waals surface area contributed by atoms with E-state index in [1.54, 1.807) is 0 Å². The van der Waals surface area contributed by atoms with Crippen molar-refractivity contribution in [2.45, 2.75) is 20.8 Å². The summed E-state index contributed by atoms with van der Waals surface area (Å²) in [5, 5.41) is 0. The van der Waals surface area contributed by atoms with Gasteiger partial charge in [-0.2, -0.15) is 0 Å². The third-order valence-electron chi connectivity index (χ3n) is 2.87. The molecule has 1 aromatic heterocycles. The van der Waals surface area contributed by atoms with E-state index in [0.717, 1.165) is 5.69 Å². The lowest BCUT2D eigenvalue weighted by Crippen LogP contribution is -1.90. The lowest BCUT2D eigenvalue weighted by molar-refractivity contribution is 1.19. The van der Waals surface area contributed by atoms with Gasteiger partial charge in [0, 0.05) is 17.5 Å². The molecule has 0 atom stereocenters. The Balaban J connectivity index is 2.41. The second-order valence-electron chi connectivity index (χ2n) is 4.26. The van der Waals surface area contributed by atoms with Gasteiger partial charge in [0.15, 0.2) is 0 Å². The van der Waals surface area contributed by atoms with Gasteiger partial charge in [-0.05, 0) is 38.0 Å². The zero-order valence-electron chi connectivity index (χ0n) is 10.6. The van der Waals surface area contributed by atoms with E-state index >= 15 is 0 Å². The first-order valence-electron chi connectivity index (χ1n) is 5.87.